The summed E-state index contributed by atoms with van der Waals surface area (Å²) in [6.45, 7) is 15.2. The van der Waals surface area contributed by atoms with Crippen LogP contribution in [-0.2, 0) is 19.3 Å². The van der Waals surface area contributed by atoms with E-state index in [0.717, 1.165) is 19.3 Å². The summed E-state index contributed by atoms with van der Waals surface area (Å²) in [7, 11) is 0. The Kier molecular flexibility index (Phi) is 17.1. The van der Waals surface area contributed by atoms with Crippen molar-refractivity contribution in [3.63, 3.8) is 0 Å². The summed E-state index contributed by atoms with van der Waals surface area (Å²) in [6, 6.07) is 62.5. The normalized spacial score (nSPS) is 12.2. The molecule has 3 atom stereocenters. The molecule has 54 heavy (non-hydrogen) atoms. The molecule has 0 N–H and O–H groups in total. The van der Waals surface area contributed by atoms with Gasteiger partial charge in [-0.1, -0.05) is 216 Å². The summed E-state index contributed by atoms with van der Waals surface area (Å²) in [4.78, 5) is 0. The fraction of sp³-hybridized carbons (Fsp3) is 0.245. The Bertz CT molecular complexity index is 2090. The van der Waals surface area contributed by atoms with Gasteiger partial charge in [-0.2, -0.15) is 0 Å². The molecule has 0 aliphatic rings. The topological polar surface area (TPSA) is 0 Å². The Morgan fingerprint density at radius 2 is 0.926 bits per heavy atom. The zero-order valence-corrected chi connectivity index (χ0v) is 37.7. The van der Waals surface area contributed by atoms with E-state index in [9.17, 15) is 0 Å². The number of benzene rings is 7. The van der Waals surface area contributed by atoms with E-state index >= 15 is 0 Å². The third-order valence-electron chi connectivity index (χ3n) is 10.6. The van der Waals surface area contributed by atoms with Crippen LogP contribution in [0.3, 0.4) is 0 Å². The van der Waals surface area contributed by atoms with Gasteiger partial charge in [0.25, 0.3) is 0 Å². The Hall–Kier alpha value is -4.15. The van der Waals surface area contributed by atoms with Crippen LogP contribution in [0.1, 0.15) is 96.9 Å². The monoisotopic (exact) mass is 933 g/mol. The molecule has 7 rings (SSSR count). The molecule has 1 heteroatoms. The molecule has 0 aromatic heterocycles. The molecule has 0 nitrogen and oxygen atoms in total. The van der Waals surface area contributed by atoms with Crippen molar-refractivity contribution in [3.8, 4) is 11.1 Å². The average molecular weight is 933 g/mol. The van der Waals surface area contributed by atoms with Crippen LogP contribution in [0, 0.1) is 45.0 Å². The van der Waals surface area contributed by atoms with Crippen molar-refractivity contribution in [1.29, 1.82) is 0 Å². The van der Waals surface area contributed by atoms with E-state index in [-0.39, 0.29) is 31.1 Å². The number of aryl methyl sites for hydroxylation is 3. The number of fused-ring (bicyclic) bond motifs is 1. The van der Waals surface area contributed by atoms with Gasteiger partial charge in [0.05, 0.1) is 0 Å². The molecule has 0 heterocycles. The van der Waals surface area contributed by atoms with Gasteiger partial charge in [-0.15, -0.1) is 0 Å². The van der Waals surface area contributed by atoms with Crippen molar-refractivity contribution in [1.82, 2.24) is 0 Å². The van der Waals surface area contributed by atoms with Gasteiger partial charge in [0.2, 0.25) is 0 Å². The van der Waals surface area contributed by atoms with E-state index in [1.54, 1.807) is 0 Å². The molecule has 0 spiro atoms. The van der Waals surface area contributed by atoms with Gasteiger partial charge in [0, 0.05) is 31.1 Å². The smallest absolute Gasteiger partial charge is 0 e. The maximum Gasteiger partial charge on any atom is 0 e. The molecule has 0 bridgehead atoms. The van der Waals surface area contributed by atoms with Crippen molar-refractivity contribution >= 4 is 10.8 Å². The summed E-state index contributed by atoms with van der Waals surface area (Å²) >= 11 is 0. The minimum absolute atomic E-state index is 0. The first-order chi connectivity index (χ1) is 25.9. The predicted molar refractivity (Wildman–Crippen MR) is 232 cm³/mol. The third-order valence-corrected chi connectivity index (χ3v) is 10.6. The van der Waals surface area contributed by atoms with Crippen LogP contribution in [0.25, 0.3) is 21.9 Å². The molecule has 0 radical (unpaired) electrons. The fourth-order valence-corrected chi connectivity index (χ4v) is 7.37. The van der Waals surface area contributed by atoms with Crippen LogP contribution in [0.15, 0.2) is 170 Å². The van der Waals surface area contributed by atoms with E-state index in [1.807, 2.05) is 13.8 Å². The Morgan fingerprint density at radius 1 is 0.444 bits per heavy atom. The van der Waals surface area contributed by atoms with Crippen LogP contribution in [0.2, 0.25) is 0 Å². The largest absolute Gasteiger partial charge is 0.0683 e. The van der Waals surface area contributed by atoms with Gasteiger partial charge in [-0.3, -0.25) is 0 Å². The van der Waals surface area contributed by atoms with E-state index in [0.29, 0.717) is 17.8 Å². The molecular weight excluding hydrogens is 875 g/mol. The zero-order valence-electron chi connectivity index (χ0n) is 33.5. The van der Waals surface area contributed by atoms with Crippen molar-refractivity contribution in [2.45, 2.75) is 85.5 Å². The van der Waals surface area contributed by atoms with E-state index in [1.165, 1.54) is 66.4 Å². The summed E-state index contributed by atoms with van der Waals surface area (Å²) in [6.07, 6.45) is 3.21. The van der Waals surface area contributed by atoms with Gasteiger partial charge >= 0.3 is 0 Å². The molecule has 0 saturated carbocycles. The maximum absolute atomic E-state index is 2.39. The minimum Gasteiger partial charge on any atom is -0.0683 e. The van der Waals surface area contributed by atoms with Crippen LogP contribution < -0.4 is 0 Å². The molecule has 0 aliphatic carbocycles. The van der Waals surface area contributed by atoms with Crippen molar-refractivity contribution < 1.29 is 31.1 Å². The van der Waals surface area contributed by atoms with Crippen LogP contribution in [0.5, 0.6) is 0 Å². The van der Waals surface area contributed by atoms with Gasteiger partial charge in [-0.25, -0.2) is 0 Å². The minimum atomic E-state index is 0. The number of rotatable bonds is 10. The van der Waals surface area contributed by atoms with Crippen LogP contribution >= 0.6 is 0 Å². The predicted octanol–water partition coefficient (Wildman–Crippen LogP) is 14.9. The summed E-state index contributed by atoms with van der Waals surface area (Å²) in [5.41, 5.74) is 13.6. The van der Waals surface area contributed by atoms with Gasteiger partial charge < -0.3 is 0 Å². The van der Waals surface area contributed by atoms with Crippen LogP contribution in [0.4, 0.5) is 0 Å². The second-order valence-electron chi connectivity index (χ2n) is 14.3. The summed E-state index contributed by atoms with van der Waals surface area (Å²) in [5.74, 6) is 1.24. The average Bonchev–Trinajstić information content (AvgIpc) is 3.22. The first-order valence-electron chi connectivity index (χ1n) is 19.7. The molecule has 0 fully saturated rings. The van der Waals surface area contributed by atoms with E-state index in [4.69, 9.17) is 0 Å². The van der Waals surface area contributed by atoms with E-state index < -0.39 is 0 Å². The first-order valence-corrected chi connectivity index (χ1v) is 19.7. The maximum atomic E-state index is 2.39. The molecule has 0 aliphatic heterocycles. The molecule has 274 valence electrons. The SMILES string of the molecule is CC.CCc1ccc(C)cc1.Cc1ccc(C(Cc2ccccc2)C(C)c2ccc(-c3ccc(C(C)Cc4ccccc4)c4ccccc34)cc2)cc1.[U]. The second-order valence-corrected chi connectivity index (χ2v) is 14.3. The molecule has 7 aromatic carbocycles. The summed E-state index contributed by atoms with van der Waals surface area (Å²) in [5, 5.41) is 2.69. The molecule has 0 amide bonds. The number of hydrogen-bond acceptors (Lipinski definition) is 0. The van der Waals surface area contributed by atoms with Gasteiger partial charge in [0.15, 0.2) is 0 Å². The van der Waals surface area contributed by atoms with Crippen LogP contribution in [-0.4, -0.2) is 0 Å². The molecule has 0 saturated heterocycles. The number of hydrogen-bond donors (Lipinski definition) is 0. The van der Waals surface area contributed by atoms with Crippen molar-refractivity contribution in [2.24, 2.45) is 0 Å². The molecule has 3 unspecified atom stereocenters. The quantitative estimate of drug-likeness (QED) is 0.128. The Morgan fingerprint density at radius 3 is 1.48 bits per heavy atom. The van der Waals surface area contributed by atoms with Crippen molar-refractivity contribution in [2.75, 3.05) is 0 Å². The fourth-order valence-electron chi connectivity index (χ4n) is 7.37. The molecular formula is C53H58U. The van der Waals surface area contributed by atoms with Gasteiger partial charge in [0.1, 0.15) is 0 Å². The van der Waals surface area contributed by atoms with Gasteiger partial charge in [-0.05, 0) is 106 Å². The summed E-state index contributed by atoms with van der Waals surface area (Å²) < 4.78 is 0. The second kappa shape index (κ2) is 21.7. The Balaban J connectivity index is 0.000000471. The molecule has 7 aromatic rings. The third kappa shape index (κ3) is 11.4. The Labute approximate surface area is 350 Å². The van der Waals surface area contributed by atoms with Crippen molar-refractivity contribution in [3.05, 3.63) is 214 Å². The zero-order chi connectivity index (χ0) is 37.6. The van der Waals surface area contributed by atoms with E-state index in [2.05, 4.69) is 204 Å². The first kappa shape index (κ1) is 42.6. The standard InChI is InChI=1S/C42H40.C9H12.C2H6.U/c1-30-18-20-37(21-19-30)42(29-34-14-8-5-9-15-34)32(3)35-22-24-36(25-23-35)39-27-26-38(40-16-10-11-17-41(39)40)31(2)28-33-12-6-4-7-13-33;1-3-9-6-4-8(2)5-7-9;1-2;/h4-27,31-32,42H,28-29H2,1-3H3;4-7H,3H2,1-2H3;1-2H3;.